The van der Waals surface area contributed by atoms with Gasteiger partial charge in [-0.3, -0.25) is 4.79 Å². The van der Waals surface area contributed by atoms with Crippen LogP contribution in [-0.2, 0) is 0 Å². The molecule has 2 aromatic rings. The quantitative estimate of drug-likeness (QED) is 0.802. The van der Waals surface area contributed by atoms with E-state index in [1.54, 1.807) is 0 Å². The lowest BCUT2D eigenvalue weighted by atomic mass is 10.1. The van der Waals surface area contributed by atoms with E-state index in [0.29, 0.717) is 0 Å². The molecular formula is C16H16FN3O3. The van der Waals surface area contributed by atoms with E-state index in [0.717, 1.165) is 6.07 Å². The van der Waals surface area contributed by atoms with Crippen molar-refractivity contribution in [2.24, 2.45) is 0 Å². The molecule has 0 saturated carbocycles. The third kappa shape index (κ3) is 3.63. The van der Waals surface area contributed by atoms with Crippen molar-refractivity contribution in [1.29, 1.82) is 0 Å². The number of amides is 1. The first-order valence-corrected chi connectivity index (χ1v) is 6.90. The molecule has 0 spiro atoms. The molecule has 0 unspecified atom stereocenters. The van der Waals surface area contributed by atoms with Crippen LogP contribution in [0.2, 0.25) is 0 Å². The average Bonchev–Trinajstić information content (AvgIpc) is 2.47. The van der Waals surface area contributed by atoms with Gasteiger partial charge in [-0.05, 0) is 44.2 Å². The molecule has 1 aromatic carbocycles. The fourth-order valence-electron chi connectivity index (χ4n) is 2.00. The summed E-state index contributed by atoms with van der Waals surface area (Å²) in [6, 6.07) is 6.51. The smallest absolute Gasteiger partial charge is 0.356 e. The average molecular weight is 317 g/mol. The lowest BCUT2D eigenvalue weighted by Gasteiger charge is -2.10. The van der Waals surface area contributed by atoms with Crippen molar-refractivity contribution in [2.75, 3.05) is 5.73 Å². The Bertz CT molecular complexity index is 775. The summed E-state index contributed by atoms with van der Waals surface area (Å²) in [5, 5.41) is 11.7. The standard InChI is InChI=1S/C16H16FN3O3/c1-8(2)19-15(21)9-3-4-11(17)10(7-9)13-6-5-12(18)14(20-13)16(22)23/h3-8H,18H2,1-2H3,(H,19,21)(H,22,23). The molecule has 0 aliphatic carbocycles. The lowest BCUT2D eigenvalue weighted by Crippen LogP contribution is -2.30. The normalized spacial score (nSPS) is 10.6. The van der Waals surface area contributed by atoms with Crippen molar-refractivity contribution < 1.29 is 19.1 Å². The minimum absolute atomic E-state index is 0.0182. The van der Waals surface area contributed by atoms with Crippen molar-refractivity contribution >= 4 is 17.6 Å². The highest BCUT2D eigenvalue weighted by molar-refractivity contribution is 5.96. The second-order valence-corrected chi connectivity index (χ2v) is 5.26. The number of nitrogens with one attached hydrogen (secondary N) is 1. The zero-order valence-electron chi connectivity index (χ0n) is 12.6. The number of anilines is 1. The molecule has 23 heavy (non-hydrogen) atoms. The van der Waals surface area contributed by atoms with E-state index < -0.39 is 11.8 Å². The minimum atomic E-state index is -1.31. The van der Waals surface area contributed by atoms with Crippen LogP contribution >= 0.6 is 0 Å². The molecule has 0 bridgehead atoms. The second kappa shape index (κ2) is 6.43. The molecule has 1 heterocycles. The Morgan fingerprint density at radius 2 is 1.96 bits per heavy atom. The monoisotopic (exact) mass is 317 g/mol. The summed E-state index contributed by atoms with van der Waals surface area (Å²) in [4.78, 5) is 27.0. The summed E-state index contributed by atoms with van der Waals surface area (Å²) in [6.45, 7) is 3.62. The molecule has 1 amide bonds. The van der Waals surface area contributed by atoms with Crippen LogP contribution in [0.5, 0.6) is 0 Å². The molecule has 0 radical (unpaired) electrons. The van der Waals surface area contributed by atoms with E-state index in [1.807, 2.05) is 13.8 Å². The summed E-state index contributed by atoms with van der Waals surface area (Å²) in [6.07, 6.45) is 0. The number of rotatable bonds is 4. The Kier molecular flexibility index (Phi) is 4.59. The van der Waals surface area contributed by atoms with Gasteiger partial charge in [-0.1, -0.05) is 0 Å². The molecule has 0 fully saturated rings. The first-order chi connectivity index (χ1) is 10.8. The molecule has 120 valence electrons. The number of halogens is 1. The number of pyridine rings is 1. The second-order valence-electron chi connectivity index (χ2n) is 5.26. The molecule has 6 nitrogen and oxygen atoms in total. The van der Waals surface area contributed by atoms with E-state index in [1.165, 1.54) is 24.3 Å². The van der Waals surface area contributed by atoms with Crippen LogP contribution in [0.1, 0.15) is 34.7 Å². The number of nitrogens with two attached hydrogens (primary N) is 1. The number of carbonyl (C=O) groups is 2. The third-order valence-electron chi connectivity index (χ3n) is 3.05. The summed E-state index contributed by atoms with van der Waals surface area (Å²) < 4.78 is 14.1. The van der Waals surface area contributed by atoms with Gasteiger partial charge in [0.15, 0.2) is 5.69 Å². The van der Waals surface area contributed by atoms with Gasteiger partial charge in [0.05, 0.1) is 11.4 Å². The van der Waals surface area contributed by atoms with Crippen LogP contribution in [0.3, 0.4) is 0 Å². The van der Waals surface area contributed by atoms with Crippen molar-refractivity contribution in [3.8, 4) is 11.3 Å². The number of carboxylic acids is 1. The molecule has 4 N–H and O–H groups in total. The molecule has 1 aromatic heterocycles. The number of carbonyl (C=O) groups excluding carboxylic acids is 1. The predicted octanol–water partition coefficient (Wildman–Crippen LogP) is 2.31. The number of nitrogens with zero attached hydrogens (tertiary/aromatic N) is 1. The third-order valence-corrected chi connectivity index (χ3v) is 3.05. The van der Waals surface area contributed by atoms with Gasteiger partial charge >= 0.3 is 5.97 Å². The van der Waals surface area contributed by atoms with E-state index in [9.17, 15) is 14.0 Å². The van der Waals surface area contributed by atoms with Crippen molar-refractivity contribution in [2.45, 2.75) is 19.9 Å². The Balaban J connectivity index is 2.49. The maximum Gasteiger partial charge on any atom is 0.356 e. The fourth-order valence-corrected chi connectivity index (χ4v) is 2.00. The zero-order valence-corrected chi connectivity index (χ0v) is 12.6. The van der Waals surface area contributed by atoms with E-state index in [4.69, 9.17) is 10.8 Å². The topological polar surface area (TPSA) is 105 Å². The number of carboxylic acid groups (broad SMARTS) is 1. The maximum absolute atomic E-state index is 14.1. The van der Waals surface area contributed by atoms with Crippen LogP contribution in [0.25, 0.3) is 11.3 Å². The largest absolute Gasteiger partial charge is 0.476 e. The van der Waals surface area contributed by atoms with Gasteiger partial charge in [0.1, 0.15) is 5.82 Å². The maximum atomic E-state index is 14.1. The van der Waals surface area contributed by atoms with Gasteiger partial charge in [0, 0.05) is 17.2 Å². The van der Waals surface area contributed by atoms with Gasteiger partial charge in [0.25, 0.3) is 5.91 Å². The van der Waals surface area contributed by atoms with Gasteiger partial charge in [-0.25, -0.2) is 14.2 Å². The van der Waals surface area contributed by atoms with Crippen molar-refractivity contribution in [1.82, 2.24) is 10.3 Å². The Hall–Kier alpha value is -2.96. The molecule has 0 aliphatic rings. The first-order valence-electron chi connectivity index (χ1n) is 6.90. The molecule has 0 aliphatic heterocycles. The summed E-state index contributed by atoms with van der Waals surface area (Å²) >= 11 is 0. The molecule has 0 saturated heterocycles. The SMILES string of the molecule is CC(C)NC(=O)c1ccc(F)c(-c2ccc(N)c(C(=O)O)n2)c1. The zero-order chi connectivity index (χ0) is 17.1. The first kappa shape index (κ1) is 16.4. The Morgan fingerprint density at radius 3 is 2.57 bits per heavy atom. The number of benzene rings is 1. The number of aromatic nitrogens is 1. The summed E-state index contributed by atoms with van der Waals surface area (Å²) in [5.74, 6) is -2.27. The van der Waals surface area contributed by atoms with E-state index in [-0.39, 0.29) is 40.2 Å². The van der Waals surface area contributed by atoms with Gasteiger partial charge in [0.2, 0.25) is 0 Å². The number of nitrogen functional groups attached to an aromatic ring is 1. The van der Waals surface area contributed by atoms with Crippen molar-refractivity contribution in [3.05, 3.63) is 47.4 Å². The van der Waals surface area contributed by atoms with E-state index in [2.05, 4.69) is 10.3 Å². The Morgan fingerprint density at radius 1 is 1.26 bits per heavy atom. The molecule has 7 heteroatoms. The van der Waals surface area contributed by atoms with Crippen LogP contribution in [0, 0.1) is 5.82 Å². The van der Waals surface area contributed by atoms with Gasteiger partial charge in [-0.15, -0.1) is 0 Å². The molecule has 0 atom stereocenters. The Labute approximate surface area is 132 Å². The van der Waals surface area contributed by atoms with Gasteiger partial charge < -0.3 is 16.2 Å². The summed E-state index contributed by atoms with van der Waals surface area (Å²) in [5.41, 5.74) is 5.54. The minimum Gasteiger partial charge on any atom is -0.476 e. The lowest BCUT2D eigenvalue weighted by molar-refractivity contribution is 0.0691. The predicted molar refractivity (Wildman–Crippen MR) is 83.6 cm³/mol. The highest BCUT2D eigenvalue weighted by Crippen LogP contribution is 2.24. The van der Waals surface area contributed by atoms with Crippen LogP contribution < -0.4 is 11.1 Å². The van der Waals surface area contributed by atoms with Crippen LogP contribution in [-0.4, -0.2) is 28.0 Å². The highest BCUT2D eigenvalue weighted by Gasteiger charge is 2.16. The van der Waals surface area contributed by atoms with E-state index >= 15 is 0 Å². The fraction of sp³-hybridized carbons (Fsp3) is 0.188. The number of hydrogen-bond acceptors (Lipinski definition) is 4. The number of hydrogen-bond donors (Lipinski definition) is 3. The van der Waals surface area contributed by atoms with Crippen LogP contribution in [0.15, 0.2) is 30.3 Å². The van der Waals surface area contributed by atoms with Crippen molar-refractivity contribution in [3.63, 3.8) is 0 Å². The molecular weight excluding hydrogens is 301 g/mol. The highest BCUT2D eigenvalue weighted by atomic mass is 19.1. The van der Waals surface area contributed by atoms with Gasteiger partial charge in [-0.2, -0.15) is 0 Å². The summed E-state index contributed by atoms with van der Waals surface area (Å²) in [7, 11) is 0. The number of aromatic carboxylic acids is 1. The van der Waals surface area contributed by atoms with Crippen LogP contribution in [0.4, 0.5) is 10.1 Å². The molecule has 2 rings (SSSR count).